The van der Waals surface area contributed by atoms with Gasteiger partial charge in [-0.3, -0.25) is 0 Å². The van der Waals surface area contributed by atoms with E-state index in [4.69, 9.17) is 29.6 Å². The molecule has 1 aliphatic carbocycles. The zero-order valence-electron chi connectivity index (χ0n) is 11.9. The molecule has 1 fully saturated rings. The molecule has 0 aliphatic heterocycles. The van der Waals surface area contributed by atoms with E-state index in [2.05, 4.69) is 17.3 Å². The number of halogens is 1. The van der Waals surface area contributed by atoms with Crippen molar-refractivity contribution in [3.05, 3.63) is 28.8 Å². The van der Waals surface area contributed by atoms with Crippen molar-refractivity contribution in [2.75, 3.05) is 25.5 Å². The highest BCUT2D eigenvalue weighted by Crippen LogP contribution is 2.23. The first-order valence-electron chi connectivity index (χ1n) is 7.11. The molecule has 0 saturated heterocycles. The van der Waals surface area contributed by atoms with Crippen LogP contribution in [0.3, 0.4) is 0 Å². The van der Waals surface area contributed by atoms with Gasteiger partial charge in [0.25, 0.3) is 0 Å². The van der Waals surface area contributed by atoms with Crippen LogP contribution in [0.1, 0.15) is 31.2 Å². The molecule has 2 rings (SSSR count). The van der Waals surface area contributed by atoms with Crippen molar-refractivity contribution >= 4 is 34.5 Å². The number of nitrogens with one attached hydrogen (secondary N) is 1. The Morgan fingerprint density at radius 1 is 1.45 bits per heavy atom. The number of hydrogen-bond donors (Lipinski definition) is 2. The smallest absolute Gasteiger partial charge is 0.106 e. The lowest BCUT2D eigenvalue weighted by Gasteiger charge is -2.24. The number of hydrogen-bond acceptors (Lipinski definition) is 3. The van der Waals surface area contributed by atoms with Crippen LogP contribution in [-0.2, 0) is 0 Å². The third-order valence-electron chi connectivity index (χ3n) is 3.98. The Balaban J connectivity index is 1.90. The first-order chi connectivity index (χ1) is 9.58. The molecule has 0 unspecified atom stereocenters. The van der Waals surface area contributed by atoms with Crippen molar-refractivity contribution in [1.29, 1.82) is 0 Å². The molecule has 0 amide bonds. The molecule has 0 heterocycles. The van der Waals surface area contributed by atoms with Crippen LogP contribution in [0.25, 0.3) is 0 Å². The number of thiocarbonyl (C=S) groups is 1. The first kappa shape index (κ1) is 15.5. The zero-order valence-corrected chi connectivity index (χ0v) is 13.4. The lowest BCUT2D eigenvalue weighted by atomic mass is 10.1. The Hall–Kier alpha value is -0.840. The van der Waals surface area contributed by atoms with Gasteiger partial charge < -0.3 is 16.0 Å². The number of nitrogens with zero attached hydrogens (tertiary/aromatic N) is 1. The van der Waals surface area contributed by atoms with E-state index in [0.717, 1.165) is 30.4 Å². The fraction of sp³-hybridized carbons (Fsp3) is 0.533. The maximum atomic E-state index is 6.03. The number of nitrogens with two attached hydrogens (primary N) is 1. The molecule has 0 bridgehead atoms. The van der Waals surface area contributed by atoms with Gasteiger partial charge in [0.2, 0.25) is 0 Å². The third kappa shape index (κ3) is 4.08. The Labute approximate surface area is 131 Å². The van der Waals surface area contributed by atoms with E-state index in [-0.39, 0.29) is 0 Å². The van der Waals surface area contributed by atoms with Crippen LogP contribution in [0.5, 0.6) is 0 Å². The van der Waals surface area contributed by atoms with Crippen molar-refractivity contribution in [1.82, 2.24) is 4.90 Å². The largest absolute Gasteiger partial charge is 0.389 e. The van der Waals surface area contributed by atoms with E-state index in [9.17, 15) is 0 Å². The van der Waals surface area contributed by atoms with Gasteiger partial charge in [0, 0.05) is 35.4 Å². The molecule has 0 aromatic heterocycles. The topological polar surface area (TPSA) is 41.3 Å². The Morgan fingerprint density at radius 2 is 2.15 bits per heavy atom. The second kappa shape index (κ2) is 7.25. The summed E-state index contributed by atoms with van der Waals surface area (Å²) in [6.07, 6.45) is 5.38. The molecule has 3 N–H and O–H groups in total. The highest BCUT2D eigenvalue weighted by atomic mass is 35.5. The van der Waals surface area contributed by atoms with E-state index >= 15 is 0 Å². The Morgan fingerprint density at radius 3 is 2.80 bits per heavy atom. The highest BCUT2D eigenvalue weighted by molar-refractivity contribution is 7.80. The van der Waals surface area contributed by atoms with Gasteiger partial charge in [0.1, 0.15) is 4.99 Å². The molecule has 0 spiro atoms. The molecule has 3 nitrogen and oxygen atoms in total. The predicted octanol–water partition coefficient (Wildman–Crippen LogP) is 3.26. The lowest BCUT2D eigenvalue weighted by Crippen LogP contribution is -2.33. The Bertz CT molecular complexity index is 472. The van der Waals surface area contributed by atoms with Crippen LogP contribution < -0.4 is 11.1 Å². The van der Waals surface area contributed by atoms with E-state index < -0.39 is 0 Å². The summed E-state index contributed by atoms with van der Waals surface area (Å²) in [5.74, 6) is 0. The average Bonchev–Trinajstić information content (AvgIpc) is 2.92. The predicted molar refractivity (Wildman–Crippen MR) is 90.7 cm³/mol. The van der Waals surface area contributed by atoms with E-state index in [1.807, 2.05) is 18.2 Å². The Kier molecular flexibility index (Phi) is 5.64. The van der Waals surface area contributed by atoms with Gasteiger partial charge in [-0.15, -0.1) is 0 Å². The van der Waals surface area contributed by atoms with Crippen molar-refractivity contribution < 1.29 is 0 Å². The van der Waals surface area contributed by atoms with Gasteiger partial charge >= 0.3 is 0 Å². The van der Waals surface area contributed by atoms with E-state index in [1.165, 1.54) is 25.7 Å². The quantitative estimate of drug-likeness (QED) is 0.791. The molecule has 0 atom stereocenters. The summed E-state index contributed by atoms with van der Waals surface area (Å²) in [7, 11) is 2.20. The summed E-state index contributed by atoms with van der Waals surface area (Å²) in [6, 6.07) is 6.30. The van der Waals surface area contributed by atoms with Crippen LogP contribution in [0, 0.1) is 0 Å². The summed E-state index contributed by atoms with van der Waals surface area (Å²) in [5, 5.41) is 4.09. The van der Waals surface area contributed by atoms with E-state index in [0.29, 0.717) is 10.0 Å². The van der Waals surface area contributed by atoms with Gasteiger partial charge in [0.05, 0.1) is 0 Å². The van der Waals surface area contributed by atoms with Gasteiger partial charge in [-0.1, -0.05) is 36.7 Å². The minimum atomic E-state index is 0.397. The van der Waals surface area contributed by atoms with Crippen LogP contribution in [0.2, 0.25) is 5.02 Å². The molecule has 5 heteroatoms. The summed E-state index contributed by atoms with van der Waals surface area (Å²) in [4.78, 5) is 2.83. The minimum absolute atomic E-state index is 0.397. The maximum Gasteiger partial charge on any atom is 0.106 e. The SMILES string of the molecule is CN(CCNc1cc(Cl)ccc1C(N)=S)C1CCCC1. The molecule has 1 aliphatic rings. The van der Waals surface area contributed by atoms with Gasteiger partial charge in [-0.25, -0.2) is 0 Å². The summed E-state index contributed by atoms with van der Waals surface area (Å²) in [6.45, 7) is 1.87. The second-order valence-corrected chi connectivity index (χ2v) is 6.28. The lowest BCUT2D eigenvalue weighted by molar-refractivity contribution is 0.254. The summed E-state index contributed by atoms with van der Waals surface area (Å²) < 4.78 is 0. The van der Waals surface area contributed by atoms with Crippen molar-refractivity contribution in [2.24, 2.45) is 5.73 Å². The number of anilines is 1. The monoisotopic (exact) mass is 311 g/mol. The van der Waals surface area contributed by atoms with Crippen LogP contribution in [0.4, 0.5) is 5.69 Å². The minimum Gasteiger partial charge on any atom is -0.389 e. The van der Waals surface area contributed by atoms with Crippen LogP contribution >= 0.6 is 23.8 Å². The van der Waals surface area contributed by atoms with Crippen molar-refractivity contribution in [3.8, 4) is 0 Å². The summed E-state index contributed by atoms with van der Waals surface area (Å²) >= 11 is 11.1. The first-order valence-corrected chi connectivity index (χ1v) is 7.90. The van der Waals surface area contributed by atoms with Gasteiger partial charge in [-0.2, -0.15) is 0 Å². The number of benzene rings is 1. The highest BCUT2D eigenvalue weighted by Gasteiger charge is 2.18. The zero-order chi connectivity index (χ0) is 14.5. The number of likely N-dealkylation sites (N-methyl/N-ethyl adjacent to an activating group) is 1. The molecule has 1 aromatic rings. The third-order valence-corrected chi connectivity index (χ3v) is 4.43. The molecule has 0 radical (unpaired) electrons. The van der Waals surface area contributed by atoms with Crippen molar-refractivity contribution in [2.45, 2.75) is 31.7 Å². The van der Waals surface area contributed by atoms with Gasteiger partial charge in [0.15, 0.2) is 0 Å². The molecular weight excluding hydrogens is 290 g/mol. The van der Waals surface area contributed by atoms with Crippen molar-refractivity contribution in [3.63, 3.8) is 0 Å². The fourth-order valence-electron chi connectivity index (χ4n) is 2.77. The van der Waals surface area contributed by atoms with E-state index in [1.54, 1.807) is 0 Å². The molecule has 1 aromatic carbocycles. The molecule has 20 heavy (non-hydrogen) atoms. The van der Waals surface area contributed by atoms with Gasteiger partial charge in [-0.05, 0) is 38.1 Å². The second-order valence-electron chi connectivity index (χ2n) is 5.40. The summed E-state index contributed by atoms with van der Waals surface area (Å²) in [5.41, 5.74) is 7.51. The standard InChI is InChI=1S/C15H22ClN3S/c1-19(12-4-2-3-5-12)9-8-18-14-10-11(16)6-7-13(14)15(17)20/h6-7,10,12,18H,2-5,8-9H2,1H3,(H2,17,20). The molecular formula is C15H22ClN3S. The maximum absolute atomic E-state index is 6.03. The number of rotatable bonds is 6. The fourth-order valence-corrected chi connectivity index (χ4v) is 3.12. The van der Waals surface area contributed by atoms with Crippen LogP contribution in [-0.4, -0.2) is 36.1 Å². The average molecular weight is 312 g/mol. The molecule has 1 saturated carbocycles. The van der Waals surface area contributed by atoms with Crippen LogP contribution in [0.15, 0.2) is 18.2 Å². The normalized spacial score (nSPS) is 15.8. The molecule has 110 valence electrons.